The first kappa shape index (κ1) is 17.5. The summed E-state index contributed by atoms with van der Waals surface area (Å²) in [5.41, 5.74) is 1.37. The Morgan fingerprint density at radius 3 is 2.38 bits per heavy atom. The molecule has 1 amide bonds. The lowest BCUT2D eigenvalue weighted by molar-refractivity contribution is 0.101. The van der Waals surface area contributed by atoms with Gasteiger partial charge in [0.2, 0.25) is 0 Å². The number of benzene rings is 2. The number of amides is 1. The molecule has 0 aliphatic rings. The second kappa shape index (κ2) is 6.87. The third kappa shape index (κ3) is 3.51. The number of hydrogen-bond acceptors (Lipinski definition) is 3. The highest BCUT2D eigenvalue weighted by Crippen LogP contribution is 2.24. The van der Waals surface area contributed by atoms with Crippen molar-refractivity contribution in [2.75, 3.05) is 5.32 Å². The van der Waals surface area contributed by atoms with Gasteiger partial charge in [-0.3, -0.25) is 14.3 Å². The van der Waals surface area contributed by atoms with Crippen LogP contribution in [0, 0.1) is 11.6 Å². The largest absolute Gasteiger partial charge is 0.321 e. The summed E-state index contributed by atoms with van der Waals surface area (Å²) < 4.78 is 28.7. The second-order valence-corrected chi connectivity index (χ2v) is 5.75. The highest BCUT2D eigenvalue weighted by atomic mass is 19.1. The Labute approximate surface area is 148 Å². The molecule has 0 fully saturated rings. The predicted octanol–water partition coefficient (Wildman–Crippen LogP) is 3.82. The molecular weight excluding hydrogens is 340 g/mol. The quantitative estimate of drug-likeness (QED) is 0.724. The Bertz CT molecular complexity index is 995. The number of nitrogens with one attached hydrogen (secondary N) is 1. The number of anilines is 1. The smallest absolute Gasteiger partial charge is 0.276 e. The van der Waals surface area contributed by atoms with E-state index in [1.54, 1.807) is 24.3 Å². The van der Waals surface area contributed by atoms with Crippen LogP contribution >= 0.6 is 0 Å². The summed E-state index contributed by atoms with van der Waals surface area (Å²) in [7, 11) is 1.54. The molecule has 0 aliphatic heterocycles. The maximum Gasteiger partial charge on any atom is 0.276 e. The van der Waals surface area contributed by atoms with Gasteiger partial charge in [-0.15, -0.1) is 0 Å². The van der Waals surface area contributed by atoms with Gasteiger partial charge in [-0.1, -0.05) is 0 Å². The lowest BCUT2D eigenvalue weighted by Crippen LogP contribution is -2.13. The Morgan fingerprint density at radius 1 is 1.04 bits per heavy atom. The molecule has 0 spiro atoms. The van der Waals surface area contributed by atoms with E-state index in [4.69, 9.17) is 0 Å². The molecule has 26 heavy (non-hydrogen) atoms. The normalized spacial score (nSPS) is 10.6. The van der Waals surface area contributed by atoms with Gasteiger partial charge >= 0.3 is 0 Å². The fraction of sp³-hybridized carbons (Fsp3) is 0.105. The van der Waals surface area contributed by atoms with Crippen molar-refractivity contribution < 1.29 is 18.4 Å². The molecule has 0 bridgehead atoms. The molecule has 0 saturated carbocycles. The van der Waals surface area contributed by atoms with Crippen molar-refractivity contribution >= 4 is 17.4 Å². The van der Waals surface area contributed by atoms with Gasteiger partial charge in [0.25, 0.3) is 5.91 Å². The first-order valence-corrected chi connectivity index (χ1v) is 7.77. The van der Waals surface area contributed by atoms with Crippen molar-refractivity contribution in [3.05, 3.63) is 71.4 Å². The van der Waals surface area contributed by atoms with Crippen LogP contribution < -0.4 is 5.32 Å². The van der Waals surface area contributed by atoms with Crippen molar-refractivity contribution in [1.82, 2.24) is 9.78 Å². The van der Waals surface area contributed by atoms with E-state index in [0.29, 0.717) is 11.3 Å². The predicted molar refractivity (Wildman–Crippen MR) is 93.0 cm³/mol. The molecule has 0 saturated heterocycles. The number of carbonyl (C=O) groups excluding carboxylic acids is 2. The Kier molecular flexibility index (Phi) is 4.62. The molecule has 5 nitrogen and oxygen atoms in total. The topological polar surface area (TPSA) is 64.0 Å². The molecule has 7 heteroatoms. The van der Waals surface area contributed by atoms with Crippen molar-refractivity contribution in [3.8, 4) is 11.3 Å². The Balaban J connectivity index is 1.85. The summed E-state index contributed by atoms with van der Waals surface area (Å²) in [6.07, 6.45) is 0. The Hall–Kier alpha value is -3.35. The molecule has 3 aromatic rings. The maximum absolute atomic E-state index is 14.0. The minimum atomic E-state index is -0.610. The van der Waals surface area contributed by atoms with E-state index in [2.05, 4.69) is 10.4 Å². The van der Waals surface area contributed by atoms with Gasteiger partial charge in [0.05, 0.1) is 5.69 Å². The van der Waals surface area contributed by atoms with Gasteiger partial charge < -0.3 is 5.32 Å². The zero-order valence-corrected chi connectivity index (χ0v) is 14.1. The molecular formula is C19H15F2N3O2. The van der Waals surface area contributed by atoms with Crippen LogP contribution in [0.3, 0.4) is 0 Å². The number of hydrogen-bond donors (Lipinski definition) is 1. The molecule has 0 aliphatic carbocycles. The van der Waals surface area contributed by atoms with E-state index >= 15 is 0 Å². The van der Waals surface area contributed by atoms with E-state index in [1.165, 1.54) is 24.7 Å². The van der Waals surface area contributed by atoms with Crippen LogP contribution in [0.1, 0.15) is 27.8 Å². The van der Waals surface area contributed by atoms with E-state index in [1.807, 2.05) is 0 Å². The van der Waals surface area contributed by atoms with E-state index < -0.39 is 17.5 Å². The molecule has 2 aromatic carbocycles. The standard InChI is InChI=1S/C19H15F2N3O2/c1-11(25)12-3-6-14(7-4-12)22-19(26)17-10-18(24(2)23-17)15-9-13(20)5-8-16(15)21/h3-10H,1-2H3,(H,22,26). The van der Waals surface area contributed by atoms with Gasteiger partial charge in [-0.25, -0.2) is 8.78 Å². The summed E-state index contributed by atoms with van der Waals surface area (Å²) in [5, 5.41) is 6.71. The van der Waals surface area contributed by atoms with Crippen LogP contribution in [0.25, 0.3) is 11.3 Å². The van der Waals surface area contributed by atoms with E-state index in [0.717, 1.165) is 18.2 Å². The number of carbonyl (C=O) groups is 2. The van der Waals surface area contributed by atoms with E-state index in [-0.39, 0.29) is 22.7 Å². The van der Waals surface area contributed by atoms with Crippen molar-refractivity contribution in [2.45, 2.75) is 6.92 Å². The number of nitrogens with zero attached hydrogens (tertiary/aromatic N) is 2. The van der Waals surface area contributed by atoms with Crippen LogP contribution in [-0.2, 0) is 7.05 Å². The summed E-state index contributed by atoms with van der Waals surface area (Å²) in [6, 6.07) is 10.9. The summed E-state index contributed by atoms with van der Waals surface area (Å²) in [6.45, 7) is 1.45. The highest BCUT2D eigenvalue weighted by molar-refractivity contribution is 6.04. The second-order valence-electron chi connectivity index (χ2n) is 5.75. The van der Waals surface area contributed by atoms with Crippen molar-refractivity contribution in [3.63, 3.8) is 0 Å². The van der Waals surface area contributed by atoms with E-state index in [9.17, 15) is 18.4 Å². The zero-order chi connectivity index (χ0) is 18.8. The van der Waals surface area contributed by atoms with Crippen LogP contribution in [0.2, 0.25) is 0 Å². The summed E-state index contributed by atoms with van der Waals surface area (Å²) in [5.74, 6) is -1.77. The molecule has 3 rings (SSSR count). The fourth-order valence-electron chi connectivity index (χ4n) is 2.51. The van der Waals surface area contributed by atoms with Gasteiger partial charge in [0.1, 0.15) is 11.6 Å². The van der Waals surface area contributed by atoms with Gasteiger partial charge in [-0.2, -0.15) is 5.10 Å². The summed E-state index contributed by atoms with van der Waals surface area (Å²) in [4.78, 5) is 23.6. The lowest BCUT2D eigenvalue weighted by Gasteiger charge is -2.03. The molecule has 132 valence electrons. The minimum Gasteiger partial charge on any atom is -0.321 e. The van der Waals surface area contributed by atoms with Gasteiger partial charge in [0, 0.05) is 23.9 Å². The fourth-order valence-corrected chi connectivity index (χ4v) is 2.51. The number of aryl methyl sites for hydroxylation is 1. The molecule has 0 radical (unpaired) electrons. The lowest BCUT2D eigenvalue weighted by atomic mass is 10.1. The number of aromatic nitrogens is 2. The van der Waals surface area contributed by atoms with Crippen molar-refractivity contribution in [2.24, 2.45) is 7.05 Å². The molecule has 1 heterocycles. The first-order chi connectivity index (χ1) is 12.3. The number of ketones is 1. The van der Waals surface area contributed by atoms with Crippen molar-refractivity contribution in [1.29, 1.82) is 0 Å². The Morgan fingerprint density at radius 2 is 1.73 bits per heavy atom. The van der Waals surface area contributed by atoms with Gasteiger partial charge in [-0.05, 0) is 55.5 Å². The number of Topliss-reactive ketones (excluding diaryl/α,β-unsaturated/α-hetero) is 1. The SMILES string of the molecule is CC(=O)c1ccc(NC(=O)c2cc(-c3cc(F)ccc3F)n(C)n2)cc1. The third-order valence-corrected chi connectivity index (χ3v) is 3.87. The molecule has 0 unspecified atom stereocenters. The average molecular weight is 355 g/mol. The maximum atomic E-state index is 14.0. The minimum absolute atomic E-state index is 0.0184. The number of rotatable bonds is 4. The third-order valence-electron chi connectivity index (χ3n) is 3.87. The molecule has 1 aromatic heterocycles. The number of halogens is 2. The van der Waals surface area contributed by atoms with Crippen LogP contribution in [0.15, 0.2) is 48.5 Å². The van der Waals surface area contributed by atoms with Crippen LogP contribution in [-0.4, -0.2) is 21.5 Å². The zero-order valence-electron chi connectivity index (χ0n) is 14.1. The summed E-state index contributed by atoms with van der Waals surface area (Å²) >= 11 is 0. The first-order valence-electron chi connectivity index (χ1n) is 7.77. The highest BCUT2D eigenvalue weighted by Gasteiger charge is 2.17. The molecule has 1 N–H and O–H groups in total. The average Bonchev–Trinajstić information content (AvgIpc) is 2.99. The van der Waals surface area contributed by atoms with Crippen LogP contribution in [0.4, 0.5) is 14.5 Å². The monoisotopic (exact) mass is 355 g/mol. The molecule has 0 atom stereocenters. The van der Waals surface area contributed by atoms with Gasteiger partial charge in [0.15, 0.2) is 11.5 Å². The van der Waals surface area contributed by atoms with Crippen LogP contribution in [0.5, 0.6) is 0 Å².